The maximum atomic E-state index is 13.1. The number of furan rings is 1. The fraction of sp³-hybridized carbons (Fsp3) is 0.240. The molecule has 0 fully saturated rings. The molecule has 3 aromatic rings. The molecule has 7 heteroatoms. The fourth-order valence-corrected chi connectivity index (χ4v) is 4.12. The summed E-state index contributed by atoms with van der Waals surface area (Å²) in [5.41, 5.74) is 0.0829. The molecule has 4 rings (SSSR count). The average molecular weight is 434 g/mol. The standard InChI is InChI=1S/C25H22O7/c1-3-30-24(29)22(27)25(2)18-12-8-7-11-16(18)20(26)21-19(25)17(14-31-21)23(28)32-13-15-9-5-4-6-10-15/h4-12,14,22,27H,3,13H2,1-2H3/t22-,25-/m1/s1. The highest BCUT2D eigenvalue weighted by atomic mass is 16.5. The zero-order valence-corrected chi connectivity index (χ0v) is 17.7. The summed E-state index contributed by atoms with van der Waals surface area (Å²) in [6.07, 6.45) is -0.550. The first kappa shape index (κ1) is 21.5. The van der Waals surface area contributed by atoms with Crippen molar-refractivity contribution in [2.75, 3.05) is 6.61 Å². The van der Waals surface area contributed by atoms with Crippen LogP contribution in [0.15, 0.2) is 65.3 Å². The highest BCUT2D eigenvalue weighted by Gasteiger charge is 2.52. The van der Waals surface area contributed by atoms with E-state index in [4.69, 9.17) is 13.9 Å². The number of fused-ring (bicyclic) bond motifs is 2. The largest absolute Gasteiger partial charge is 0.464 e. The first-order chi connectivity index (χ1) is 15.4. The van der Waals surface area contributed by atoms with Crippen LogP contribution >= 0.6 is 0 Å². The van der Waals surface area contributed by atoms with Gasteiger partial charge < -0.3 is 19.0 Å². The zero-order valence-electron chi connectivity index (χ0n) is 17.7. The predicted octanol–water partition coefficient (Wildman–Crippen LogP) is 3.41. The second-order valence-electron chi connectivity index (χ2n) is 7.65. The van der Waals surface area contributed by atoms with Gasteiger partial charge in [-0.2, -0.15) is 0 Å². The number of ether oxygens (including phenoxy) is 2. The van der Waals surface area contributed by atoms with Crippen LogP contribution in [0, 0.1) is 0 Å². The van der Waals surface area contributed by atoms with Crippen molar-refractivity contribution in [1.29, 1.82) is 0 Å². The molecule has 0 saturated heterocycles. The Morgan fingerprint density at radius 1 is 1.06 bits per heavy atom. The molecular weight excluding hydrogens is 412 g/mol. The summed E-state index contributed by atoms with van der Waals surface area (Å²) >= 11 is 0. The van der Waals surface area contributed by atoms with Crippen LogP contribution in [0.2, 0.25) is 0 Å². The topological polar surface area (TPSA) is 103 Å². The lowest BCUT2D eigenvalue weighted by Gasteiger charge is -2.38. The van der Waals surface area contributed by atoms with E-state index in [1.807, 2.05) is 30.3 Å². The van der Waals surface area contributed by atoms with Gasteiger partial charge in [0.2, 0.25) is 5.78 Å². The third kappa shape index (κ3) is 3.40. The number of aliphatic hydroxyl groups is 1. The summed E-state index contributed by atoms with van der Waals surface area (Å²) in [6.45, 7) is 3.29. The Morgan fingerprint density at radius 2 is 1.75 bits per heavy atom. The number of carbonyl (C=O) groups excluding carboxylic acids is 3. The van der Waals surface area contributed by atoms with E-state index in [0.717, 1.165) is 11.8 Å². The highest BCUT2D eigenvalue weighted by Crippen LogP contribution is 2.46. The van der Waals surface area contributed by atoms with E-state index >= 15 is 0 Å². The van der Waals surface area contributed by atoms with Gasteiger partial charge in [0.15, 0.2) is 11.9 Å². The van der Waals surface area contributed by atoms with Crippen LogP contribution < -0.4 is 0 Å². The smallest absolute Gasteiger partial charge is 0.342 e. The van der Waals surface area contributed by atoms with Crippen LogP contribution in [0.25, 0.3) is 0 Å². The SMILES string of the molecule is CCOC(=O)[C@@H](O)[C@]1(C)c2ccccc2C(=O)c2occ(C(=O)OCc3ccccc3)c21. The predicted molar refractivity (Wildman–Crippen MR) is 113 cm³/mol. The number of esters is 2. The van der Waals surface area contributed by atoms with Crippen molar-refractivity contribution >= 4 is 17.7 Å². The van der Waals surface area contributed by atoms with Crippen molar-refractivity contribution in [3.63, 3.8) is 0 Å². The second-order valence-corrected chi connectivity index (χ2v) is 7.65. The van der Waals surface area contributed by atoms with Crippen LogP contribution in [-0.4, -0.2) is 35.5 Å². The summed E-state index contributed by atoms with van der Waals surface area (Å²) in [5, 5.41) is 11.1. The number of rotatable bonds is 6. The van der Waals surface area contributed by atoms with Crippen molar-refractivity contribution in [2.45, 2.75) is 32.0 Å². The number of hydrogen-bond acceptors (Lipinski definition) is 7. The average Bonchev–Trinajstić information content (AvgIpc) is 3.28. The molecule has 164 valence electrons. The molecule has 0 radical (unpaired) electrons. The Balaban J connectivity index is 1.80. The van der Waals surface area contributed by atoms with Crippen molar-refractivity contribution in [2.24, 2.45) is 0 Å². The molecule has 1 heterocycles. The molecular formula is C25H22O7. The van der Waals surface area contributed by atoms with Gasteiger partial charge in [0.25, 0.3) is 0 Å². The van der Waals surface area contributed by atoms with E-state index in [-0.39, 0.29) is 35.7 Å². The number of carbonyl (C=O) groups is 3. The lowest BCUT2D eigenvalue weighted by Crippen LogP contribution is -2.48. The van der Waals surface area contributed by atoms with Gasteiger partial charge in [-0.3, -0.25) is 4.79 Å². The van der Waals surface area contributed by atoms with Gasteiger partial charge in [0.05, 0.1) is 12.0 Å². The minimum Gasteiger partial charge on any atom is -0.464 e. The molecule has 32 heavy (non-hydrogen) atoms. The molecule has 0 aliphatic heterocycles. The summed E-state index contributed by atoms with van der Waals surface area (Å²) in [7, 11) is 0. The molecule has 0 saturated carbocycles. The summed E-state index contributed by atoms with van der Waals surface area (Å²) in [4.78, 5) is 38.6. The van der Waals surface area contributed by atoms with Gasteiger partial charge in [-0.25, -0.2) is 9.59 Å². The molecule has 1 aliphatic carbocycles. The third-order valence-electron chi connectivity index (χ3n) is 5.74. The van der Waals surface area contributed by atoms with Gasteiger partial charge in [-0.1, -0.05) is 54.6 Å². The number of hydrogen-bond donors (Lipinski definition) is 1. The molecule has 0 unspecified atom stereocenters. The second kappa shape index (κ2) is 8.43. The molecule has 1 aromatic heterocycles. The molecule has 0 amide bonds. The van der Waals surface area contributed by atoms with E-state index in [1.165, 1.54) is 0 Å². The van der Waals surface area contributed by atoms with Crippen LogP contribution in [0.3, 0.4) is 0 Å². The summed E-state index contributed by atoms with van der Waals surface area (Å²) in [5.74, 6) is -2.14. The van der Waals surface area contributed by atoms with E-state index < -0.39 is 29.2 Å². The Labute approximate surface area is 184 Å². The number of benzene rings is 2. The molecule has 0 bridgehead atoms. The maximum Gasteiger partial charge on any atom is 0.342 e. The van der Waals surface area contributed by atoms with E-state index in [2.05, 4.69) is 0 Å². The minimum atomic E-state index is -1.69. The van der Waals surface area contributed by atoms with Gasteiger partial charge in [0.1, 0.15) is 18.4 Å². The Morgan fingerprint density at radius 3 is 2.47 bits per heavy atom. The van der Waals surface area contributed by atoms with E-state index in [0.29, 0.717) is 5.56 Å². The Kier molecular flexibility index (Phi) is 5.67. The summed E-state index contributed by atoms with van der Waals surface area (Å²) < 4.78 is 16.0. The quantitative estimate of drug-likeness (QED) is 0.593. The lowest BCUT2D eigenvalue weighted by atomic mass is 9.65. The first-order valence-corrected chi connectivity index (χ1v) is 10.2. The van der Waals surface area contributed by atoms with Crippen molar-refractivity contribution in [3.05, 3.63) is 94.4 Å². The molecule has 1 aliphatic rings. The van der Waals surface area contributed by atoms with Crippen molar-refractivity contribution < 1.29 is 33.4 Å². The number of aliphatic hydroxyl groups excluding tert-OH is 1. The molecule has 1 N–H and O–H groups in total. The highest BCUT2D eigenvalue weighted by molar-refractivity contribution is 6.13. The monoisotopic (exact) mass is 434 g/mol. The molecule has 2 atom stereocenters. The van der Waals surface area contributed by atoms with E-state index in [9.17, 15) is 19.5 Å². The van der Waals surface area contributed by atoms with Gasteiger partial charge in [-0.15, -0.1) is 0 Å². The van der Waals surface area contributed by atoms with Gasteiger partial charge in [-0.05, 0) is 25.0 Å². The van der Waals surface area contributed by atoms with Crippen LogP contribution in [0.4, 0.5) is 0 Å². The maximum absolute atomic E-state index is 13.1. The molecule has 7 nitrogen and oxygen atoms in total. The van der Waals surface area contributed by atoms with Crippen molar-refractivity contribution in [1.82, 2.24) is 0 Å². The normalized spacial score (nSPS) is 17.8. The Bertz CT molecular complexity index is 1180. The molecule has 0 spiro atoms. The fourth-order valence-electron chi connectivity index (χ4n) is 4.12. The van der Waals surface area contributed by atoms with Crippen LogP contribution in [0.1, 0.15) is 57.0 Å². The number of ketones is 1. The molecule has 2 aromatic carbocycles. The Hall–Kier alpha value is -3.71. The third-order valence-corrected chi connectivity index (χ3v) is 5.74. The van der Waals surface area contributed by atoms with E-state index in [1.54, 1.807) is 38.1 Å². The summed E-state index contributed by atoms with van der Waals surface area (Å²) in [6, 6.07) is 15.7. The van der Waals surface area contributed by atoms with Gasteiger partial charge in [0, 0.05) is 11.1 Å². The van der Waals surface area contributed by atoms with Crippen LogP contribution in [0.5, 0.6) is 0 Å². The first-order valence-electron chi connectivity index (χ1n) is 10.2. The lowest BCUT2D eigenvalue weighted by molar-refractivity contribution is -0.156. The van der Waals surface area contributed by atoms with Crippen molar-refractivity contribution in [3.8, 4) is 0 Å². The van der Waals surface area contributed by atoms with Crippen LogP contribution in [-0.2, 0) is 26.3 Å². The minimum absolute atomic E-state index is 0.0152. The zero-order chi connectivity index (χ0) is 22.9. The van der Waals surface area contributed by atoms with Gasteiger partial charge >= 0.3 is 11.9 Å².